The van der Waals surface area contributed by atoms with Gasteiger partial charge in [-0.3, -0.25) is 9.47 Å². The molecule has 0 saturated carbocycles. The summed E-state index contributed by atoms with van der Waals surface area (Å²) in [7, 11) is 0. The SMILES string of the molecule is CCOC(F)(C(F)(F)C(F)(F)F)C(F)(OC(F)(F)C1(F)OC(F)(F)C(F)(F)C1(F)F)C(F)(F)F. The third-order valence-electron chi connectivity index (χ3n) is 3.96. The fraction of sp³-hybridized carbons (Fsp3) is 1.00. The Bertz CT molecular complexity index is 773. The van der Waals surface area contributed by atoms with Crippen LogP contribution >= 0.6 is 0 Å². The van der Waals surface area contributed by atoms with Gasteiger partial charge in [-0.2, -0.15) is 83.4 Å². The molecular weight excluding hydrogens is 553 g/mol. The van der Waals surface area contributed by atoms with Crippen molar-refractivity contribution in [2.75, 3.05) is 6.61 Å². The molecule has 0 aromatic heterocycles. The zero-order valence-corrected chi connectivity index (χ0v) is 15.1. The Morgan fingerprint density at radius 2 is 1.03 bits per heavy atom. The largest absolute Gasteiger partial charge is 0.459 e. The van der Waals surface area contributed by atoms with Crippen molar-refractivity contribution in [1.82, 2.24) is 0 Å². The van der Waals surface area contributed by atoms with E-state index in [9.17, 15) is 83.4 Å². The van der Waals surface area contributed by atoms with Crippen molar-refractivity contribution in [2.45, 2.75) is 66.8 Å². The first kappa shape index (κ1) is 30.6. The van der Waals surface area contributed by atoms with Gasteiger partial charge in [0.1, 0.15) is 0 Å². The zero-order valence-electron chi connectivity index (χ0n) is 15.1. The quantitative estimate of drug-likeness (QED) is 0.345. The van der Waals surface area contributed by atoms with Gasteiger partial charge in [-0.05, 0) is 6.92 Å². The average Bonchev–Trinajstić information content (AvgIpc) is 2.67. The summed E-state index contributed by atoms with van der Waals surface area (Å²) < 4.78 is 258. The van der Waals surface area contributed by atoms with E-state index in [1.807, 2.05) is 0 Å². The highest BCUT2D eigenvalue weighted by Gasteiger charge is 2.98. The lowest BCUT2D eigenvalue weighted by atomic mass is 9.98. The minimum absolute atomic E-state index is 0.0434. The van der Waals surface area contributed by atoms with Crippen molar-refractivity contribution in [1.29, 1.82) is 0 Å². The van der Waals surface area contributed by atoms with E-state index < -0.39 is 66.5 Å². The minimum Gasteiger partial charge on any atom is -0.337 e. The molecule has 0 N–H and O–H groups in total. The Balaban J connectivity index is 3.90. The second-order valence-corrected chi connectivity index (χ2v) is 6.18. The van der Waals surface area contributed by atoms with Crippen LogP contribution in [0.3, 0.4) is 0 Å². The molecule has 0 aromatic rings. The van der Waals surface area contributed by atoms with E-state index in [0.29, 0.717) is 0 Å². The fourth-order valence-corrected chi connectivity index (χ4v) is 2.25. The van der Waals surface area contributed by atoms with Gasteiger partial charge in [-0.25, -0.2) is 0 Å². The van der Waals surface area contributed by atoms with Gasteiger partial charge in [-0.1, -0.05) is 0 Å². The van der Waals surface area contributed by atoms with Crippen LogP contribution in [0.25, 0.3) is 0 Å². The van der Waals surface area contributed by atoms with Crippen molar-refractivity contribution in [2.24, 2.45) is 0 Å². The molecule has 0 aromatic carbocycles. The summed E-state index contributed by atoms with van der Waals surface area (Å²) in [5.74, 6) is -46.3. The summed E-state index contributed by atoms with van der Waals surface area (Å²) in [6.07, 6.45) is -30.7. The summed E-state index contributed by atoms with van der Waals surface area (Å²) in [4.78, 5) is 0. The summed E-state index contributed by atoms with van der Waals surface area (Å²) >= 11 is 0. The van der Waals surface area contributed by atoms with Crippen molar-refractivity contribution in [3.63, 3.8) is 0 Å². The molecule has 1 aliphatic heterocycles. The number of hydrogen-bond donors (Lipinski definition) is 0. The molecule has 1 rings (SSSR count). The Kier molecular flexibility index (Phi) is 6.77. The minimum atomic E-state index is -8.08. The van der Waals surface area contributed by atoms with Gasteiger partial charge >= 0.3 is 59.9 Å². The lowest BCUT2D eigenvalue weighted by Crippen LogP contribution is -2.74. The number of halogens is 19. The Labute approximate surface area is 172 Å². The van der Waals surface area contributed by atoms with Gasteiger partial charge in [0.25, 0.3) is 0 Å². The highest BCUT2D eigenvalue weighted by Crippen LogP contribution is 2.67. The van der Waals surface area contributed by atoms with Gasteiger partial charge in [0.05, 0.1) is 0 Å². The Morgan fingerprint density at radius 3 is 1.29 bits per heavy atom. The lowest BCUT2D eigenvalue weighted by Gasteiger charge is -2.45. The standard InChI is InChI=1S/C12H5F19O3/c1-2-32-6(19,5(17,18)9(22,23)24)8(21,10(25,26)27)34-12(30,31)7(20)3(13,14)4(15,16)11(28,29)33-7/h2H2,1H3. The summed E-state index contributed by atoms with van der Waals surface area (Å²) in [6.45, 7) is -2.15. The summed E-state index contributed by atoms with van der Waals surface area (Å²) in [5, 5.41) is 0. The first-order valence-electron chi connectivity index (χ1n) is 7.61. The second kappa shape index (κ2) is 7.53. The maximum absolute atomic E-state index is 14.4. The van der Waals surface area contributed by atoms with E-state index >= 15 is 0 Å². The molecule has 3 nitrogen and oxygen atoms in total. The molecule has 0 bridgehead atoms. The van der Waals surface area contributed by atoms with Gasteiger partial charge in [0.2, 0.25) is 0 Å². The van der Waals surface area contributed by atoms with E-state index in [1.54, 1.807) is 9.47 Å². The third kappa shape index (κ3) is 3.56. The molecule has 0 spiro atoms. The fourth-order valence-electron chi connectivity index (χ4n) is 2.25. The van der Waals surface area contributed by atoms with Crippen molar-refractivity contribution in [3.8, 4) is 0 Å². The van der Waals surface area contributed by atoms with E-state index in [-0.39, 0.29) is 6.92 Å². The van der Waals surface area contributed by atoms with Crippen LogP contribution in [0.2, 0.25) is 0 Å². The highest BCUT2D eigenvalue weighted by molar-refractivity contribution is 5.13. The van der Waals surface area contributed by atoms with Gasteiger partial charge in [-0.15, -0.1) is 0 Å². The molecule has 0 radical (unpaired) electrons. The molecule has 1 heterocycles. The molecule has 1 aliphatic rings. The number of alkyl halides is 19. The van der Waals surface area contributed by atoms with Crippen LogP contribution < -0.4 is 0 Å². The summed E-state index contributed by atoms with van der Waals surface area (Å²) in [6, 6.07) is 0. The monoisotopic (exact) mass is 558 g/mol. The molecule has 34 heavy (non-hydrogen) atoms. The first-order valence-corrected chi connectivity index (χ1v) is 7.61. The van der Waals surface area contributed by atoms with Crippen LogP contribution in [0.4, 0.5) is 83.4 Å². The van der Waals surface area contributed by atoms with Crippen molar-refractivity contribution < 1.29 is 97.6 Å². The molecule has 1 fully saturated rings. The molecule has 3 unspecified atom stereocenters. The zero-order chi connectivity index (χ0) is 27.8. The van der Waals surface area contributed by atoms with Crippen LogP contribution in [0, 0.1) is 0 Å². The van der Waals surface area contributed by atoms with Gasteiger partial charge in [0.15, 0.2) is 0 Å². The number of rotatable bonds is 7. The number of ether oxygens (including phenoxy) is 3. The van der Waals surface area contributed by atoms with Crippen molar-refractivity contribution in [3.05, 3.63) is 0 Å². The van der Waals surface area contributed by atoms with Crippen LogP contribution in [0.5, 0.6) is 0 Å². The summed E-state index contributed by atoms with van der Waals surface area (Å²) in [5.41, 5.74) is 0. The molecule has 3 atom stereocenters. The van der Waals surface area contributed by atoms with Gasteiger partial charge in [0, 0.05) is 6.61 Å². The molecule has 204 valence electrons. The molecule has 0 amide bonds. The molecule has 1 saturated heterocycles. The Morgan fingerprint density at radius 1 is 0.618 bits per heavy atom. The van der Waals surface area contributed by atoms with Crippen LogP contribution in [-0.2, 0) is 14.2 Å². The van der Waals surface area contributed by atoms with E-state index in [1.165, 1.54) is 0 Å². The number of hydrogen-bond acceptors (Lipinski definition) is 3. The van der Waals surface area contributed by atoms with Gasteiger partial charge < -0.3 is 4.74 Å². The lowest BCUT2D eigenvalue weighted by molar-refractivity contribution is -0.546. The smallest absolute Gasteiger partial charge is 0.337 e. The van der Waals surface area contributed by atoms with E-state index in [0.717, 1.165) is 0 Å². The predicted molar refractivity (Wildman–Crippen MR) is 62.2 cm³/mol. The molecular formula is C12H5F19O3. The highest BCUT2D eigenvalue weighted by atomic mass is 19.4. The van der Waals surface area contributed by atoms with Crippen LogP contribution in [-0.4, -0.2) is 66.5 Å². The second-order valence-electron chi connectivity index (χ2n) is 6.18. The van der Waals surface area contributed by atoms with E-state index in [4.69, 9.17) is 0 Å². The average molecular weight is 558 g/mol. The normalized spacial score (nSPS) is 28.9. The third-order valence-corrected chi connectivity index (χ3v) is 3.96. The van der Waals surface area contributed by atoms with Crippen LogP contribution in [0.15, 0.2) is 0 Å². The van der Waals surface area contributed by atoms with E-state index in [2.05, 4.69) is 4.74 Å². The first-order chi connectivity index (χ1) is 14.5. The molecule has 22 heteroatoms. The van der Waals surface area contributed by atoms with Crippen molar-refractivity contribution >= 4 is 0 Å². The molecule has 0 aliphatic carbocycles. The predicted octanol–water partition coefficient (Wildman–Crippen LogP) is 6.28. The topological polar surface area (TPSA) is 27.7 Å². The Hall–Kier alpha value is -1.45. The van der Waals surface area contributed by atoms with Crippen LogP contribution in [0.1, 0.15) is 6.92 Å². The maximum Gasteiger partial charge on any atom is 0.459 e. The maximum atomic E-state index is 14.4.